The monoisotopic (exact) mass is 358 g/mol. The third kappa shape index (κ3) is 3.03. The van der Waals surface area contributed by atoms with Crippen LogP contribution in [0.1, 0.15) is 25.7 Å². The molecule has 2 atom stereocenters. The third-order valence-corrected chi connectivity index (χ3v) is 6.67. The zero-order valence-corrected chi connectivity index (χ0v) is 14.1. The van der Waals surface area contributed by atoms with Crippen LogP contribution in [0.4, 0.5) is 0 Å². The van der Waals surface area contributed by atoms with Gasteiger partial charge in [0.1, 0.15) is 18.1 Å². The summed E-state index contributed by atoms with van der Waals surface area (Å²) in [5.41, 5.74) is 0. The first-order valence-electron chi connectivity index (χ1n) is 7.89. The molecule has 0 saturated carbocycles. The van der Waals surface area contributed by atoms with Crippen LogP contribution in [0.25, 0.3) is 0 Å². The van der Waals surface area contributed by atoms with Gasteiger partial charge in [-0.05, 0) is 25.7 Å². The lowest BCUT2D eigenvalue weighted by Gasteiger charge is -2.29. The molecule has 8 heteroatoms. The molecule has 0 radical (unpaired) electrons. The number of halogens is 1. The van der Waals surface area contributed by atoms with Gasteiger partial charge < -0.3 is 14.8 Å². The molecule has 0 aromatic heterocycles. The average Bonchev–Trinajstić information content (AvgIpc) is 2.85. The van der Waals surface area contributed by atoms with E-state index >= 15 is 0 Å². The molecule has 2 bridgehead atoms. The number of sulfonamides is 1. The van der Waals surface area contributed by atoms with Gasteiger partial charge in [-0.3, -0.25) is 0 Å². The summed E-state index contributed by atoms with van der Waals surface area (Å²) in [5.74, 6) is 0.909. The number of nitrogens with one attached hydrogen (secondary N) is 2. The Morgan fingerprint density at radius 1 is 1.09 bits per heavy atom. The molecule has 2 N–H and O–H groups in total. The Morgan fingerprint density at radius 2 is 1.70 bits per heavy atom. The predicted molar refractivity (Wildman–Crippen MR) is 85.7 cm³/mol. The first-order valence-corrected chi connectivity index (χ1v) is 9.75. The van der Waals surface area contributed by atoms with Crippen LogP contribution in [0, 0.1) is 0 Å². The lowest BCUT2D eigenvalue weighted by atomic mass is 10.0. The molecule has 2 fully saturated rings. The van der Waals surface area contributed by atoms with Crippen LogP contribution in [0.5, 0.6) is 11.5 Å². The topological polar surface area (TPSA) is 76.7 Å². The summed E-state index contributed by atoms with van der Waals surface area (Å²) in [5, 5.41) is 3.65. The summed E-state index contributed by atoms with van der Waals surface area (Å²) in [6.07, 6.45) is 3.87. The van der Waals surface area contributed by atoms with E-state index in [4.69, 9.17) is 21.1 Å². The van der Waals surface area contributed by atoms with E-state index in [0.717, 1.165) is 25.7 Å². The summed E-state index contributed by atoms with van der Waals surface area (Å²) in [6, 6.07) is 3.74. The van der Waals surface area contributed by atoms with Crippen LogP contribution in [-0.4, -0.2) is 39.8 Å². The summed E-state index contributed by atoms with van der Waals surface area (Å²) in [7, 11) is -3.69. The molecule has 1 aromatic rings. The maximum absolute atomic E-state index is 12.7. The maximum atomic E-state index is 12.7. The number of piperidine rings is 1. The van der Waals surface area contributed by atoms with Crippen LogP contribution >= 0.6 is 11.6 Å². The summed E-state index contributed by atoms with van der Waals surface area (Å²) < 4.78 is 39.2. The van der Waals surface area contributed by atoms with Gasteiger partial charge in [0.2, 0.25) is 10.0 Å². The number of fused-ring (bicyclic) bond motifs is 3. The van der Waals surface area contributed by atoms with Crippen molar-refractivity contribution >= 4 is 21.6 Å². The van der Waals surface area contributed by atoms with Gasteiger partial charge in [-0.25, -0.2) is 13.1 Å². The van der Waals surface area contributed by atoms with E-state index in [2.05, 4.69) is 10.0 Å². The van der Waals surface area contributed by atoms with Crippen molar-refractivity contribution in [3.63, 3.8) is 0 Å². The highest BCUT2D eigenvalue weighted by molar-refractivity contribution is 7.89. The van der Waals surface area contributed by atoms with Crippen LogP contribution in [0.2, 0.25) is 5.02 Å². The minimum Gasteiger partial charge on any atom is -0.486 e. The number of benzene rings is 1. The molecule has 1 aromatic carbocycles. The summed E-state index contributed by atoms with van der Waals surface area (Å²) in [6.45, 7) is 0.838. The maximum Gasteiger partial charge on any atom is 0.242 e. The van der Waals surface area contributed by atoms with Crippen molar-refractivity contribution in [2.45, 2.75) is 48.7 Å². The van der Waals surface area contributed by atoms with Crippen molar-refractivity contribution in [3.05, 3.63) is 17.2 Å². The van der Waals surface area contributed by atoms with Crippen molar-refractivity contribution in [2.75, 3.05) is 13.2 Å². The van der Waals surface area contributed by atoms with Gasteiger partial charge >= 0.3 is 0 Å². The van der Waals surface area contributed by atoms with Crippen molar-refractivity contribution in [1.29, 1.82) is 0 Å². The molecule has 0 spiro atoms. The van der Waals surface area contributed by atoms with Crippen LogP contribution in [0.15, 0.2) is 17.0 Å². The molecule has 23 heavy (non-hydrogen) atoms. The molecule has 6 nitrogen and oxygen atoms in total. The van der Waals surface area contributed by atoms with E-state index in [9.17, 15) is 8.42 Å². The highest BCUT2D eigenvalue weighted by Crippen LogP contribution is 2.37. The van der Waals surface area contributed by atoms with E-state index < -0.39 is 10.0 Å². The lowest BCUT2D eigenvalue weighted by molar-refractivity contribution is 0.171. The molecule has 3 aliphatic rings. The first kappa shape index (κ1) is 15.5. The summed E-state index contributed by atoms with van der Waals surface area (Å²) >= 11 is 6.17. The second-order valence-electron chi connectivity index (χ2n) is 6.35. The second-order valence-corrected chi connectivity index (χ2v) is 8.44. The van der Waals surface area contributed by atoms with Crippen LogP contribution in [-0.2, 0) is 10.0 Å². The van der Waals surface area contributed by atoms with E-state index in [0.29, 0.717) is 36.8 Å². The van der Waals surface area contributed by atoms with Gasteiger partial charge in [0.05, 0.1) is 5.02 Å². The second kappa shape index (κ2) is 5.81. The third-order valence-electron chi connectivity index (χ3n) is 4.68. The highest BCUT2D eigenvalue weighted by atomic mass is 35.5. The van der Waals surface area contributed by atoms with E-state index in [-0.39, 0.29) is 16.0 Å². The Hall–Kier alpha value is -1.02. The fourth-order valence-corrected chi connectivity index (χ4v) is 5.48. The van der Waals surface area contributed by atoms with Crippen molar-refractivity contribution in [2.24, 2.45) is 0 Å². The molecule has 2 saturated heterocycles. The zero-order chi connectivity index (χ0) is 16.0. The molecule has 2 unspecified atom stereocenters. The molecule has 4 rings (SSSR count). The minimum atomic E-state index is -3.69. The number of rotatable bonds is 3. The molecule has 126 valence electrons. The smallest absolute Gasteiger partial charge is 0.242 e. The fourth-order valence-electron chi connectivity index (χ4n) is 3.69. The molecule has 0 amide bonds. The van der Waals surface area contributed by atoms with Crippen LogP contribution < -0.4 is 19.5 Å². The number of ether oxygens (including phenoxy) is 2. The Balaban J connectivity index is 1.58. The molecule has 3 aliphatic heterocycles. The number of hydrogen-bond donors (Lipinski definition) is 2. The Labute approximate surface area is 140 Å². The number of hydrogen-bond acceptors (Lipinski definition) is 5. The van der Waals surface area contributed by atoms with Crippen molar-refractivity contribution in [1.82, 2.24) is 10.0 Å². The quantitative estimate of drug-likeness (QED) is 0.859. The Bertz CT molecular complexity index is 712. The molecular weight excluding hydrogens is 340 g/mol. The normalized spacial score (nSPS) is 29.5. The predicted octanol–water partition coefficient (Wildman–Crippen LogP) is 1.67. The summed E-state index contributed by atoms with van der Waals surface area (Å²) in [4.78, 5) is 0.0503. The van der Waals surface area contributed by atoms with E-state index in [1.54, 1.807) is 0 Å². The standard InChI is InChI=1S/C15H19ClN2O4S/c16-12-7-13-14(22-4-3-21-13)8-15(12)23(19,20)18-11-5-9-1-2-10(6-11)17-9/h7-11,17-18H,1-6H2. The van der Waals surface area contributed by atoms with Gasteiger partial charge in [0.15, 0.2) is 11.5 Å². The zero-order valence-electron chi connectivity index (χ0n) is 12.5. The van der Waals surface area contributed by atoms with Crippen LogP contribution in [0.3, 0.4) is 0 Å². The van der Waals surface area contributed by atoms with Gasteiger partial charge in [0.25, 0.3) is 0 Å². The first-order chi connectivity index (χ1) is 11.0. The SMILES string of the molecule is O=S(=O)(NC1CC2CCC(C1)N2)c1cc2c(cc1Cl)OCCO2. The van der Waals surface area contributed by atoms with Gasteiger partial charge in [-0.1, -0.05) is 11.6 Å². The highest BCUT2D eigenvalue weighted by Gasteiger charge is 2.36. The molecule has 0 aliphatic carbocycles. The Kier molecular flexibility index (Phi) is 3.91. The lowest BCUT2D eigenvalue weighted by Crippen LogP contribution is -2.47. The largest absolute Gasteiger partial charge is 0.486 e. The van der Waals surface area contributed by atoms with Crippen molar-refractivity contribution in [3.8, 4) is 11.5 Å². The minimum absolute atomic E-state index is 0.0503. The van der Waals surface area contributed by atoms with Gasteiger partial charge in [-0.15, -0.1) is 0 Å². The van der Waals surface area contributed by atoms with E-state index in [1.165, 1.54) is 12.1 Å². The van der Waals surface area contributed by atoms with E-state index in [1.807, 2.05) is 0 Å². The fraction of sp³-hybridized carbons (Fsp3) is 0.600. The molecule has 3 heterocycles. The van der Waals surface area contributed by atoms with Crippen molar-refractivity contribution < 1.29 is 17.9 Å². The Morgan fingerprint density at radius 3 is 2.35 bits per heavy atom. The van der Waals surface area contributed by atoms with Gasteiger partial charge in [0, 0.05) is 30.3 Å². The molecular formula is C15H19ClN2O4S. The van der Waals surface area contributed by atoms with Gasteiger partial charge in [-0.2, -0.15) is 0 Å². The average molecular weight is 359 g/mol.